The van der Waals surface area contributed by atoms with E-state index in [0.29, 0.717) is 0 Å². The van der Waals surface area contributed by atoms with Gasteiger partial charge in [-0.3, -0.25) is 9.97 Å². The third-order valence-electron chi connectivity index (χ3n) is 3.45. The van der Waals surface area contributed by atoms with Crippen LogP contribution in [0.3, 0.4) is 0 Å². The minimum absolute atomic E-state index is 0.124. The highest BCUT2D eigenvalue weighted by Crippen LogP contribution is 2.23. The zero-order valence-electron chi connectivity index (χ0n) is 12.6. The summed E-state index contributed by atoms with van der Waals surface area (Å²) in [7, 11) is 0. The SMILES string of the molecule is CCCNC(c1ccc(C)nc1)c1ncccc1CC. The number of aryl methyl sites for hydroxylation is 2. The van der Waals surface area contributed by atoms with E-state index < -0.39 is 0 Å². The number of hydrogen-bond acceptors (Lipinski definition) is 3. The average molecular weight is 269 g/mol. The van der Waals surface area contributed by atoms with Gasteiger partial charge in [0.2, 0.25) is 0 Å². The van der Waals surface area contributed by atoms with Crippen LogP contribution >= 0.6 is 0 Å². The molecule has 3 heteroatoms. The molecule has 0 amide bonds. The fourth-order valence-electron chi connectivity index (χ4n) is 2.32. The molecule has 0 fully saturated rings. The van der Waals surface area contributed by atoms with Crippen LogP contribution in [0, 0.1) is 6.92 Å². The van der Waals surface area contributed by atoms with Crippen molar-refractivity contribution in [3.63, 3.8) is 0 Å². The van der Waals surface area contributed by atoms with Crippen molar-refractivity contribution in [2.24, 2.45) is 0 Å². The van der Waals surface area contributed by atoms with Gasteiger partial charge in [-0.15, -0.1) is 0 Å². The molecule has 0 radical (unpaired) electrons. The molecule has 0 spiro atoms. The molecule has 0 aliphatic carbocycles. The quantitative estimate of drug-likeness (QED) is 0.873. The monoisotopic (exact) mass is 269 g/mol. The Bertz CT molecular complexity index is 534. The summed E-state index contributed by atoms with van der Waals surface area (Å²) in [5, 5.41) is 3.59. The third kappa shape index (κ3) is 3.42. The minimum Gasteiger partial charge on any atom is -0.305 e. The fourth-order valence-corrected chi connectivity index (χ4v) is 2.32. The lowest BCUT2D eigenvalue weighted by atomic mass is 9.99. The van der Waals surface area contributed by atoms with Crippen molar-refractivity contribution in [1.29, 1.82) is 0 Å². The van der Waals surface area contributed by atoms with E-state index in [-0.39, 0.29) is 6.04 Å². The summed E-state index contributed by atoms with van der Waals surface area (Å²) in [6.45, 7) is 7.33. The second-order valence-electron chi connectivity index (χ2n) is 5.02. The Morgan fingerprint density at radius 3 is 2.65 bits per heavy atom. The standard InChI is InChI=1S/C17H23N3/c1-4-10-18-17(15-9-8-13(3)20-12-15)16-14(5-2)7-6-11-19-16/h6-9,11-12,17-18H,4-5,10H2,1-3H3. The Morgan fingerprint density at radius 2 is 2.00 bits per heavy atom. The Morgan fingerprint density at radius 1 is 1.15 bits per heavy atom. The van der Waals surface area contributed by atoms with E-state index in [2.05, 4.69) is 47.3 Å². The normalized spacial score (nSPS) is 12.3. The number of rotatable bonds is 6. The summed E-state index contributed by atoms with van der Waals surface area (Å²) in [6.07, 6.45) is 5.92. The molecule has 2 aromatic rings. The maximum atomic E-state index is 4.61. The van der Waals surface area contributed by atoms with E-state index in [1.54, 1.807) is 0 Å². The number of pyridine rings is 2. The molecule has 0 aromatic carbocycles. The number of aromatic nitrogens is 2. The van der Waals surface area contributed by atoms with Crippen LogP contribution in [-0.2, 0) is 6.42 Å². The first-order valence-electron chi connectivity index (χ1n) is 7.36. The lowest BCUT2D eigenvalue weighted by molar-refractivity contribution is 0.580. The molecule has 0 bridgehead atoms. The molecular weight excluding hydrogens is 246 g/mol. The molecule has 3 nitrogen and oxygen atoms in total. The summed E-state index contributed by atoms with van der Waals surface area (Å²) in [6, 6.07) is 8.49. The fraction of sp³-hybridized carbons (Fsp3) is 0.412. The van der Waals surface area contributed by atoms with Crippen LogP contribution in [0.4, 0.5) is 0 Å². The van der Waals surface area contributed by atoms with Crippen molar-refractivity contribution < 1.29 is 0 Å². The van der Waals surface area contributed by atoms with Gasteiger partial charge >= 0.3 is 0 Å². The maximum absolute atomic E-state index is 4.61. The molecular formula is C17H23N3. The first kappa shape index (κ1) is 14.7. The Kier molecular flexibility index (Phi) is 5.24. The van der Waals surface area contributed by atoms with Crippen molar-refractivity contribution in [2.45, 2.75) is 39.7 Å². The topological polar surface area (TPSA) is 37.8 Å². The molecule has 2 heterocycles. The van der Waals surface area contributed by atoms with Gasteiger partial charge in [-0.05, 0) is 49.6 Å². The molecule has 0 aliphatic heterocycles. The molecule has 0 aliphatic rings. The van der Waals surface area contributed by atoms with E-state index in [0.717, 1.165) is 30.8 Å². The van der Waals surface area contributed by atoms with Gasteiger partial charge in [0.05, 0.1) is 11.7 Å². The van der Waals surface area contributed by atoms with Gasteiger partial charge in [-0.2, -0.15) is 0 Å². The van der Waals surface area contributed by atoms with Gasteiger partial charge < -0.3 is 5.32 Å². The van der Waals surface area contributed by atoms with Crippen LogP contribution in [0.25, 0.3) is 0 Å². The molecule has 2 rings (SSSR count). The Labute approximate surface area is 121 Å². The molecule has 0 saturated carbocycles. The molecule has 2 aromatic heterocycles. The zero-order chi connectivity index (χ0) is 14.4. The number of hydrogen-bond donors (Lipinski definition) is 1. The molecule has 1 atom stereocenters. The smallest absolute Gasteiger partial charge is 0.0769 e. The van der Waals surface area contributed by atoms with E-state index in [9.17, 15) is 0 Å². The number of nitrogens with one attached hydrogen (secondary N) is 1. The highest BCUT2D eigenvalue weighted by Gasteiger charge is 2.17. The molecule has 1 N–H and O–H groups in total. The first-order chi connectivity index (χ1) is 9.76. The van der Waals surface area contributed by atoms with Crippen LogP contribution < -0.4 is 5.32 Å². The summed E-state index contributed by atoms with van der Waals surface area (Å²) in [4.78, 5) is 9.03. The van der Waals surface area contributed by atoms with E-state index in [4.69, 9.17) is 0 Å². The molecule has 1 unspecified atom stereocenters. The summed E-state index contributed by atoms with van der Waals surface area (Å²) >= 11 is 0. The highest BCUT2D eigenvalue weighted by molar-refractivity contribution is 5.32. The second kappa shape index (κ2) is 7.15. The maximum Gasteiger partial charge on any atom is 0.0769 e. The predicted molar refractivity (Wildman–Crippen MR) is 82.7 cm³/mol. The minimum atomic E-state index is 0.124. The van der Waals surface area contributed by atoms with Gasteiger partial charge in [0.15, 0.2) is 0 Å². The molecule has 20 heavy (non-hydrogen) atoms. The lowest BCUT2D eigenvalue weighted by Crippen LogP contribution is -2.25. The lowest BCUT2D eigenvalue weighted by Gasteiger charge is -2.20. The molecule has 106 valence electrons. The van der Waals surface area contributed by atoms with E-state index in [1.807, 2.05) is 25.4 Å². The van der Waals surface area contributed by atoms with Crippen molar-refractivity contribution in [3.05, 3.63) is 59.2 Å². The second-order valence-corrected chi connectivity index (χ2v) is 5.02. The summed E-state index contributed by atoms with van der Waals surface area (Å²) in [5.74, 6) is 0. The number of nitrogens with zero attached hydrogens (tertiary/aromatic N) is 2. The Balaban J connectivity index is 2.38. The van der Waals surface area contributed by atoms with Gasteiger partial charge in [0.25, 0.3) is 0 Å². The van der Waals surface area contributed by atoms with Gasteiger partial charge in [0, 0.05) is 18.1 Å². The van der Waals surface area contributed by atoms with Crippen molar-refractivity contribution in [3.8, 4) is 0 Å². The van der Waals surface area contributed by atoms with Crippen LogP contribution in [0.15, 0.2) is 36.7 Å². The molecule has 0 saturated heterocycles. The highest BCUT2D eigenvalue weighted by atomic mass is 14.9. The average Bonchev–Trinajstić information content (AvgIpc) is 2.50. The van der Waals surface area contributed by atoms with Crippen molar-refractivity contribution in [1.82, 2.24) is 15.3 Å². The van der Waals surface area contributed by atoms with Crippen LogP contribution in [0.5, 0.6) is 0 Å². The van der Waals surface area contributed by atoms with Crippen molar-refractivity contribution >= 4 is 0 Å². The van der Waals surface area contributed by atoms with Crippen molar-refractivity contribution in [2.75, 3.05) is 6.54 Å². The van der Waals surface area contributed by atoms with Crippen LogP contribution in [0.2, 0.25) is 0 Å². The predicted octanol–water partition coefficient (Wildman–Crippen LogP) is 3.44. The summed E-state index contributed by atoms with van der Waals surface area (Å²) in [5.41, 5.74) is 4.63. The Hall–Kier alpha value is -1.74. The van der Waals surface area contributed by atoms with Crippen LogP contribution in [-0.4, -0.2) is 16.5 Å². The third-order valence-corrected chi connectivity index (χ3v) is 3.45. The first-order valence-corrected chi connectivity index (χ1v) is 7.36. The van der Waals surface area contributed by atoms with Gasteiger partial charge in [-0.1, -0.05) is 26.0 Å². The van der Waals surface area contributed by atoms with Gasteiger partial charge in [-0.25, -0.2) is 0 Å². The van der Waals surface area contributed by atoms with Gasteiger partial charge in [0.1, 0.15) is 0 Å². The van der Waals surface area contributed by atoms with E-state index in [1.165, 1.54) is 11.1 Å². The summed E-state index contributed by atoms with van der Waals surface area (Å²) < 4.78 is 0. The largest absolute Gasteiger partial charge is 0.305 e. The zero-order valence-corrected chi connectivity index (χ0v) is 12.6. The van der Waals surface area contributed by atoms with E-state index >= 15 is 0 Å². The van der Waals surface area contributed by atoms with Crippen LogP contribution in [0.1, 0.15) is 48.8 Å².